The summed E-state index contributed by atoms with van der Waals surface area (Å²) in [6.07, 6.45) is 6.01. The number of hydrogen-bond acceptors (Lipinski definition) is 1. The summed E-state index contributed by atoms with van der Waals surface area (Å²) < 4.78 is 0. The van der Waals surface area contributed by atoms with E-state index in [4.69, 9.17) is 0 Å². The van der Waals surface area contributed by atoms with Crippen LogP contribution in [0.4, 0.5) is 0 Å². The average Bonchev–Trinajstić information content (AvgIpc) is 2.49. The lowest BCUT2D eigenvalue weighted by Gasteiger charge is -2.39. The van der Waals surface area contributed by atoms with Crippen molar-refractivity contribution in [2.24, 2.45) is 0 Å². The number of hydrogen-bond donors (Lipinski definition) is 2. The van der Waals surface area contributed by atoms with Gasteiger partial charge in [-0.25, -0.2) is 0 Å². The van der Waals surface area contributed by atoms with Gasteiger partial charge in [-0.2, -0.15) is 0 Å². The Bertz CT molecular complexity index is 234. The molecule has 12 heavy (non-hydrogen) atoms. The van der Waals surface area contributed by atoms with Gasteiger partial charge in [-0.3, -0.25) is 0 Å². The molecule has 0 radical (unpaired) electrons. The molecule has 2 heteroatoms. The summed E-state index contributed by atoms with van der Waals surface area (Å²) in [6, 6.07) is 4.16. The zero-order valence-electron chi connectivity index (χ0n) is 7.56. The van der Waals surface area contributed by atoms with Crippen molar-refractivity contribution in [2.45, 2.75) is 38.3 Å². The maximum Gasteiger partial charge on any atom is 0.0361 e. The van der Waals surface area contributed by atoms with E-state index in [9.17, 15) is 0 Å². The van der Waals surface area contributed by atoms with E-state index >= 15 is 0 Å². The van der Waals surface area contributed by atoms with Gasteiger partial charge < -0.3 is 10.3 Å². The molecule has 0 unspecified atom stereocenters. The Hall–Kier alpha value is -0.760. The van der Waals surface area contributed by atoms with Crippen LogP contribution in [0.3, 0.4) is 0 Å². The molecule has 2 rings (SSSR count). The number of aromatic nitrogens is 1. The molecule has 1 heterocycles. The molecule has 1 aliphatic rings. The van der Waals surface area contributed by atoms with Crippen LogP contribution in [-0.4, -0.2) is 10.5 Å². The van der Waals surface area contributed by atoms with Crippen molar-refractivity contribution in [3.05, 3.63) is 24.0 Å². The third-order valence-electron chi connectivity index (χ3n) is 2.83. The van der Waals surface area contributed by atoms with Crippen LogP contribution in [0.5, 0.6) is 0 Å². The highest BCUT2D eigenvalue weighted by atomic mass is 15.0. The Kier molecular flexibility index (Phi) is 1.93. The first kappa shape index (κ1) is 7.87. The van der Waals surface area contributed by atoms with E-state index in [0.29, 0.717) is 5.54 Å². The van der Waals surface area contributed by atoms with Crippen LogP contribution in [0.2, 0.25) is 0 Å². The predicted octanol–water partition coefficient (Wildman–Crippen LogP) is 2.05. The third kappa shape index (κ3) is 1.53. The number of H-pyrrole nitrogens is 1. The highest BCUT2D eigenvalue weighted by Gasteiger charge is 2.30. The quantitative estimate of drug-likeness (QED) is 0.703. The number of nitrogens with one attached hydrogen (secondary N) is 2. The Morgan fingerprint density at radius 3 is 2.92 bits per heavy atom. The molecule has 0 amide bonds. The lowest BCUT2D eigenvalue weighted by molar-refractivity contribution is 0.206. The standard InChI is InChI=1S/C10H16N2/c1-10(5-3-6-10)12-8-9-4-2-7-11-9/h2,4,7,11-12H,3,5-6,8H2,1H3. The summed E-state index contributed by atoms with van der Waals surface area (Å²) in [5, 5.41) is 3.57. The van der Waals surface area contributed by atoms with Crippen LogP contribution in [0.25, 0.3) is 0 Å². The molecule has 2 nitrogen and oxygen atoms in total. The van der Waals surface area contributed by atoms with Crippen LogP contribution in [0.1, 0.15) is 31.9 Å². The Morgan fingerprint density at radius 1 is 1.58 bits per heavy atom. The molecule has 0 bridgehead atoms. The van der Waals surface area contributed by atoms with Gasteiger partial charge in [0.15, 0.2) is 0 Å². The minimum Gasteiger partial charge on any atom is -0.364 e. The molecule has 0 aromatic carbocycles. The van der Waals surface area contributed by atoms with E-state index in [-0.39, 0.29) is 0 Å². The highest BCUT2D eigenvalue weighted by molar-refractivity contribution is 5.04. The second kappa shape index (κ2) is 2.94. The molecular formula is C10H16N2. The van der Waals surface area contributed by atoms with Crippen molar-refractivity contribution in [1.29, 1.82) is 0 Å². The van der Waals surface area contributed by atoms with Gasteiger partial charge in [0, 0.05) is 24.0 Å². The maximum atomic E-state index is 3.57. The van der Waals surface area contributed by atoms with Gasteiger partial charge >= 0.3 is 0 Å². The first-order chi connectivity index (χ1) is 5.79. The molecule has 1 aromatic heterocycles. The molecule has 66 valence electrons. The summed E-state index contributed by atoms with van der Waals surface area (Å²) >= 11 is 0. The second-order valence-electron chi connectivity index (χ2n) is 3.96. The van der Waals surface area contributed by atoms with Crippen molar-refractivity contribution in [3.8, 4) is 0 Å². The number of aromatic amines is 1. The molecule has 1 aromatic rings. The van der Waals surface area contributed by atoms with Gasteiger partial charge in [0.1, 0.15) is 0 Å². The molecule has 1 aliphatic carbocycles. The largest absolute Gasteiger partial charge is 0.364 e. The van der Waals surface area contributed by atoms with Crippen molar-refractivity contribution >= 4 is 0 Å². The Morgan fingerprint density at radius 2 is 2.42 bits per heavy atom. The van der Waals surface area contributed by atoms with Crippen LogP contribution in [0, 0.1) is 0 Å². The zero-order chi connectivity index (χ0) is 8.44. The fraction of sp³-hybridized carbons (Fsp3) is 0.600. The molecule has 0 spiro atoms. The zero-order valence-corrected chi connectivity index (χ0v) is 7.56. The summed E-state index contributed by atoms with van der Waals surface area (Å²) in [5.74, 6) is 0. The molecular weight excluding hydrogens is 148 g/mol. The van der Waals surface area contributed by atoms with Crippen LogP contribution >= 0.6 is 0 Å². The Balaban J connectivity index is 1.82. The minimum absolute atomic E-state index is 0.422. The average molecular weight is 164 g/mol. The molecule has 0 aliphatic heterocycles. The van der Waals surface area contributed by atoms with Crippen molar-refractivity contribution < 1.29 is 0 Å². The van der Waals surface area contributed by atoms with E-state index in [0.717, 1.165) is 6.54 Å². The first-order valence-electron chi connectivity index (χ1n) is 4.66. The number of rotatable bonds is 3. The molecule has 1 saturated carbocycles. The highest BCUT2D eigenvalue weighted by Crippen LogP contribution is 2.30. The summed E-state index contributed by atoms with van der Waals surface area (Å²) in [5.41, 5.74) is 1.70. The fourth-order valence-corrected chi connectivity index (χ4v) is 1.67. The maximum absolute atomic E-state index is 3.57. The van der Waals surface area contributed by atoms with Gasteiger partial charge in [-0.15, -0.1) is 0 Å². The predicted molar refractivity (Wildman–Crippen MR) is 49.9 cm³/mol. The normalized spacial score (nSPS) is 20.4. The summed E-state index contributed by atoms with van der Waals surface area (Å²) in [4.78, 5) is 3.20. The topological polar surface area (TPSA) is 27.8 Å². The smallest absolute Gasteiger partial charge is 0.0361 e. The van der Waals surface area contributed by atoms with E-state index in [1.165, 1.54) is 25.0 Å². The van der Waals surface area contributed by atoms with E-state index < -0.39 is 0 Å². The van der Waals surface area contributed by atoms with Gasteiger partial charge in [-0.1, -0.05) is 0 Å². The second-order valence-corrected chi connectivity index (χ2v) is 3.96. The van der Waals surface area contributed by atoms with Gasteiger partial charge in [0.25, 0.3) is 0 Å². The van der Waals surface area contributed by atoms with Crippen molar-refractivity contribution in [2.75, 3.05) is 0 Å². The molecule has 2 N–H and O–H groups in total. The van der Waals surface area contributed by atoms with Gasteiger partial charge in [-0.05, 0) is 38.3 Å². The minimum atomic E-state index is 0.422. The van der Waals surface area contributed by atoms with Gasteiger partial charge in [0.05, 0.1) is 0 Å². The third-order valence-corrected chi connectivity index (χ3v) is 2.83. The van der Waals surface area contributed by atoms with Crippen LogP contribution in [-0.2, 0) is 6.54 Å². The Labute approximate surface area is 73.4 Å². The monoisotopic (exact) mass is 164 g/mol. The van der Waals surface area contributed by atoms with Crippen molar-refractivity contribution in [3.63, 3.8) is 0 Å². The molecule has 1 fully saturated rings. The van der Waals surface area contributed by atoms with E-state index in [1.807, 2.05) is 12.3 Å². The van der Waals surface area contributed by atoms with Crippen LogP contribution in [0.15, 0.2) is 18.3 Å². The summed E-state index contributed by atoms with van der Waals surface area (Å²) in [6.45, 7) is 3.28. The van der Waals surface area contributed by atoms with Crippen LogP contribution < -0.4 is 5.32 Å². The molecule has 0 atom stereocenters. The fourth-order valence-electron chi connectivity index (χ4n) is 1.67. The SMILES string of the molecule is CC1(NCc2ccc[nH]2)CCC1. The summed E-state index contributed by atoms with van der Waals surface area (Å²) in [7, 11) is 0. The molecule has 0 saturated heterocycles. The lowest BCUT2D eigenvalue weighted by atomic mass is 9.78. The first-order valence-corrected chi connectivity index (χ1v) is 4.66. The lowest BCUT2D eigenvalue weighted by Crippen LogP contribution is -2.47. The van der Waals surface area contributed by atoms with E-state index in [2.05, 4.69) is 23.3 Å². The van der Waals surface area contributed by atoms with Gasteiger partial charge in [0.2, 0.25) is 0 Å². The van der Waals surface area contributed by atoms with E-state index in [1.54, 1.807) is 0 Å². The van der Waals surface area contributed by atoms with Crippen molar-refractivity contribution in [1.82, 2.24) is 10.3 Å².